The second-order valence-electron chi connectivity index (χ2n) is 9.39. The van der Waals surface area contributed by atoms with Gasteiger partial charge in [0.15, 0.2) is 0 Å². The summed E-state index contributed by atoms with van der Waals surface area (Å²) in [5.74, 6) is 1.35. The van der Waals surface area contributed by atoms with Crippen molar-refractivity contribution in [3.8, 4) is 0 Å². The summed E-state index contributed by atoms with van der Waals surface area (Å²) < 4.78 is 6.44. The van der Waals surface area contributed by atoms with Gasteiger partial charge in [0.25, 0.3) is 0 Å². The van der Waals surface area contributed by atoms with Gasteiger partial charge in [0.2, 0.25) is 0 Å². The Hall–Kier alpha value is -1.48. The standard InChI is InChI=1S/C24H31Cl2N5O2/c1-14(23-19(25)11-27-12-20(23)26)33-17-5-6-21-18(9-17)24(30-29-21)15-4-7-22(28-10-15)31-8-2-3-16(31)13-32/h4,7,10-12,14,16-18,21,24,29-30,32H,2-3,5-6,8-9,13H2,1H3/t14-,16+,17?,18?,21?,24?/m1/s1. The number of aromatic nitrogens is 2. The number of anilines is 1. The lowest BCUT2D eigenvalue weighted by molar-refractivity contribution is -0.0370. The van der Waals surface area contributed by atoms with E-state index in [-0.39, 0.29) is 30.9 Å². The Balaban J connectivity index is 1.26. The lowest BCUT2D eigenvalue weighted by atomic mass is 9.78. The maximum atomic E-state index is 9.63. The second kappa shape index (κ2) is 10.0. The molecule has 1 aliphatic carbocycles. The molecule has 0 radical (unpaired) electrons. The molecule has 6 atom stereocenters. The highest BCUT2D eigenvalue weighted by atomic mass is 35.5. The molecule has 1 saturated carbocycles. The van der Waals surface area contributed by atoms with Gasteiger partial charge in [-0.05, 0) is 56.6 Å². The van der Waals surface area contributed by atoms with E-state index in [0.717, 1.165) is 50.0 Å². The van der Waals surface area contributed by atoms with Crippen LogP contribution in [-0.2, 0) is 4.74 Å². The van der Waals surface area contributed by atoms with Crippen molar-refractivity contribution in [2.24, 2.45) is 5.92 Å². The molecule has 3 N–H and O–H groups in total. The molecule has 2 saturated heterocycles. The fourth-order valence-electron chi connectivity index (χ4n) is 5.72. The highest BCUT2D eigenvalue weighted by Gasteiger charge is 2.42. The first-order valence-electron chi connectivity index (χ1n) is 11.8. The summed E-state index contributed by atoms with van der Waals surface area (Å²) in [6, 6.07) is 5.03. The molecule has 2 aliphatic heterocycles. The Morgan fingerprint density at radius 3 is 2.70 bits per heavy atom. The number of pyridine rings is 2. The average molecular weight is 492 g/mol. The maximum Gasteiger partial charge on any atom is 0.128 e. The normalized spacial score (nSPS) is 30.4. The Bertz CT molecular complexity index is 942. The molecule has 2 aromatic rings. The monoisotopic (exact) mass is 491 g/mol. The summed E-state index contributed by atoms with van der Waals surface area (Å²) in [5.41, 5.74) is 8.96. The number of fused-ring (bicyclic) bond motifs is 1. The van der Waals surface area contributed by atoms with Crippen molar-refractivity contribution >= 4 is 29.0 Å². The van der Waals surface area contributed by atoms with Crippen molar-refractivity contribution in [2.45, 2.75) is 69.4 Å². The van der Waals surface area contributed by atoms with Crippen LogP contribution in [0.2, 0.25) is 10.0 Å². The van der Waals surface area contributed by atoms with Gasteiger partial charge in [-0.15, -0.1) is 0 Å². The lowest BCUT2D eigenvalue weighted by Crippen LogP contribution is -2.37. The van der Waals surface area contributed by atoms with Gasteiger partial charge in [-0.1, -0.05) is 29.3 Å². The van der Waals surface area contributed by atoms with E-state index < -0.39 is 0 Å². The Kier molecular flexibility index (Phi) is 7.07. The predicted molar refractivity (Wildman–Crippen MR) is 129 cm³/mol. The zero-order valence-corrected chi connectivity index (χ0v) is 20.3. The molecule has 0 spiro atoms. The Morgan fingerprint density at radius 2 is 1.97 bits per heavy atom. The summed E-state index contributed by atoms with van der Waals surface area (Å²) in [4.78, 5) is 11.0. The second-order valence-corrected chi connectivity index (χ2v) is 10.2. The zero-order chi connectivity index (χ0) is 22.9. The van der Waals surface area contributed by atoms with E-state index in [1.54, 1.807) is 12.4 Å². The molecule has 9 heteroatoms. The van der Waals surface area contributed by atoms with Crippen molar-refractivity contribution < 1.29 is 9.84 Å². The van der Waals surface area contributed by atoms with Crippen LogP contribution < -0.4 is 15.8 Å². The number of nitrogens with one attached hydrogen (secondary N) is 2. The molecule has 0 aromatic carbocycles. The van der Waals surface area contributed by atoms with Crippen LogP contribution in [0, 0.1) is 5.92 Å². The van der Waals surface area contributed by atoms with E-state index in [0.29, 0.717) is 22.0 Å². The van der Waals surface area contributed by atoms with E-state index in [4.69, 9.17) is 32.9 Å². The van der Waals surface area contributed by atoms with Crippen LogP contribution in [0.15, 0.2) is 30.7 Å². The average Bonchev–Trinajstić information content (AvgIpc) is 3.46. The summed E-state index contributed by atoms with van der Waals surface area (Å²) in [7, 11) is 0. The summed E-state index contributed by atoms with van der Waals surface area (Å²) in [6.07, 6.45) is 10.2. The maximum absolute atomic E-state index is 9.63. The fourth-order valence-corrected chi connectivity index (χ4v) is 6.39. The number of ether oxygens (including phenoxy) is 1. The number of aliphatic hydroxyl groups excluding tert-OH is 1. The van der Waals surface area contributed by atoms with E-state index in [9.17, 15) is 5.11 Å². The number of rotatable bonds is 6. The first-order valence-corrected chi connectivity index (χ1v) is 12.6. The van der Waals surface area contributed by atoms with E-state index in [2.05, 4.69) is 32.9 Å². The number of hydrazine groups is 1. The van der Waals surface area contributed by atoms with Gasteiger partial charge < -0.3 is 14.7 Å². The van der Waals surface area contributed by atoms with E-state index in [1.165, 1.54) is 5.56 Å². The Labute approximate surface area is 204 Å². The van der Waals surface area contributed by atoms with Crippen LogP contribution in [0.3, 0.4) is 0 Å². The van der Waals surface area contributed by atoms with Gasteiger partial charge in [0.05, 0.1) is 40.9 Å². The molecule has 4 unspecified atom stereocenters. The Morgan fingerprint density at radius 1 is 1.15 bits per heavy atom. The van der Waals surface area contributed by atoms with Crippen LogP contribution in [0.4, 0.5) is 5.82 Å². The highest BCUT2D eigenvalue weighted by Crippen LogP contribution is 2.41. The van der Waals surface area contributed by atoms with Gasteiger partial charge >= 0.3 is 0 Å². The van der Waals surface area contributed by atoms with Crippen molar-refractivity contribution in [3.05, 3.63) is 51.9 Å². The third-order valence-corrected chi connectivity index (χ3v) is 8.01. The van der Waals surface area contributed by atoms with Crippen molar-refractivity contribution in [3.63, 3.8) is 0 Å². The summed E-state index contributed by atoms with van der Waals surface area (Å²) >= 11 is 12.7. The molecular weight excluding hydrogens is 461 g/mol. The molecule has 3 fully saturated rings. The first kappa shape index (κ1) is 23.3. The van der Waals surface area contributed by atoms with Crippen LogP contribution in [0.25, 0.3) is 0 Å². The van der Waals surface area contributed by atoms with Gasteiger partial charge in [0, 0.05) is 36.7 Å². The van der Waals surface area contributed by atoms with Crippen molar-refractivity contribution in [1.29, 1.82) is 0 Å². The van der Waals surface area contributed by atoms with Crippen molar-refractivity contribution in [1.82, 2.24) is 20.8 Å². The van der Waals surface area contributed by atoms with Crippen LogP contribution in [0.1, 0.15) is 62.3 Å². The third kappa shape index (κ3) is 4.72. The molecule has 33 heavy (non-hydrogen) atoms. The van der Waals surface area contributed by atoms with Gasteiger partial charge in [0.1, 0.15) is 5.82 Å². The molecule has 3 aliphatic rings. The van der Waals surface area contributed by atoms with E-state index in [1.807, 2.05) is 13.1 Å². The number of halogens is 2. The number of aliphatic hydroxyl groups is 1. The predicted octanol–water partition coefficient (Wildman–Crippen LogP) is 4.21. The van der Waals surface area contributed by atoms with Crippen LogP contribution >= 0.6 is 23.2 Å². The van der Waals surface area contributed by atoms with Gasteiger partial charge in [-0.25, -0.2) is 10.4 Å². The molecule has 7 nitrogen and oxygen atoms in total. The van der Waals surface area contributed by atoms with E-state index >= 15 is 0 Å². The molecule has 178 valence electrons. The minimum Gasteiger partial charge on any atom is -0.394 e. The smallest absolute Gasteiger partial charge is 0.128 e. The third-order valence-electron chi connectivity index (χ3n) is 7.41. The topological polar surface area (TPSA) is 82.5 Å². The van der Waals surface area contributed by atoms with Crippen LogP contribution in [0.5, 0.6) is 0 Å². The molecule has 5 rings (SSSR count). The minimum atomic E-state index is -0.198. The van der Waals surface area contributed by atoms with Gasteiger partial charge in [-0.3, -0.25) is 10.4 Å². The summed E-state index contributed by atoms with van der Waals surface area (Å²) in [5, 5.41) is 10.7. The van der Waals surface area contributed by atoms with Crippen molar-refractivity contribution in [2.75, 3.05) is 18.1 Å². The zero-order valence-electron chi connectivity index (χ0n) is 18.8. The SMILES string of the molecule is C[C@@H](OC1CCC2NNC(c3ccc(N4CCC[C@H]4CO)nc3)C2C1)c1c(Cl)cncc1Cl. The molecule has 2 aromatic heterocycles. The quantitative estimate of drug-likeness (QED) is 0.558. The van der Waals surface area contributed by atoms with Crippen LogP contribution in [-0.4, -0.2) is 46.4 Å². The molecule has 0 amide bonds. The number of hydrogen-bond donors (Lipinski definition) is 3. The molecule has 4 heterocycles. The number of hydrogen-bond acceptors (Lipinski definition) is 7. The highest BCUT2D eigenvalue weighted by molar-refractivity contribution is 6.35. The largest absolute Gasteiger partial charge is 0.394 e. The molecule has 0 bridgehead atoms. The first-order chi connectivity index (χ1) is 16.0. The fraction of sp³-hybridized carbons (Fsp3) is 0.583. The lowest BCUT2D eigenvalue weighted by Gasteiger charge is -2.35. The minimum absolute atomic E-state index is 0.132. The molecular formula is C24H31Cl2N5O2. The number of nitrogens with zero attached hydrogens (tertiary/aromatic N) is 3. The summed E-state index contributed by atoms with van der Waals surface area (Å²) in [6.45, 7) is 3.13. The van der Waals surface area contributed by atoms with Gasteiger partial charge in [-0.2, -0.15) is 0 Å².